The summed E-state index contributed by atoms with van der Waals surface area (Å²) in [7, 11) is 3.85. The zero-order valence-electron chi connectivity index (χ0n) is 9.33. The van der Waals surface area contributed by atoms with E-state index in [9.17, 15) is 9.90 Å². The molecule has 5 heteroatoms. The van der Waals surface area contributed by atoms with Crippen molar-refractivity contribution in [1.82, 2.24) is 10.2 Å². The quantitative estimate of drug-likeness (QED) is 0.838. The number of carbonyl (C=O) groups is 1. The number of nitrogens with one attached hydrogen (secondary N) is 1. The van der Waals surface area contributed by atoms with E-state index in [1.807, 2.05) is 19.0 Å². The second-order valence-electron chi connectivity index (χ2n) is 3.72. The van der Waals surface area contributed by atoms with Crippen LogP contribution in [0.25, 0.3) is 0 Å². The molecule has 1 amide bonds. The number of carbonyl (C=O) groups excluding carboxylic acids is 1. The lowest BCUT2D eigenvalue weighted by molar-refractivity contribution is 0.0951. The van der Waals surface area contributed by atoms with Gasteiger partial charge in [0.05, 0.1) is 10.6 Å². The van der Waals surface area contributed by atoms with E-state index in [4.69, 9.17) is 11.6 Å². The molecule has 0 aliphatic heterocycles. The lowest BCUT2D eigenvalue weighted by atomic mass is 10.2. The van der Waals surface area contributed by atoms with Crippen molar-refractivity contribution in [3.05, 3.63) is 28.8 Å². The average Bonchev–Trinajstić information content (AvgIpc) is 2.21. The first-order valence-corrected chi connectivity index (χ1v) is 5.30. The minimum absolute atomic E-state index is 0.0298. The van der Waals surface area contributed by atoms with Crippen molar-refractivity contribution in [2.45, 2.75) is 0 Å². The third-order valence-corrected chi connectivity index (χ3v) is 2.37. The van der Waals surface area contributed by atoms with Crippen molar-refractivity contribution in [1.29, 1.82) is 0 Å². The monoisotopic (exact) mass is 242 g/mol. The number of benzene rings is 1. The number of nitrogens with zero attached hydrogens (tertiary/aromatic N) is 1. The fourth-order valence-electron chi connectivity index (χ4n) is 1.18. The van der Waals surface area contributed by atoms with Crippen LogP contribution in [0.15, 0.2) is 18.2 Å². The SMILES string of the molecule is CN(C)CCNC(=O)c1cc(O)ccc1Cl. The molecule has 0 spiro atoms. The Morgan fingerprint density at radius 2 is 2.19 bits per heavy atom. The van der Waals surface area contributed by atoms with Crippen molar-refractivity contribution in [3.63, 3.8) is 0 Å². The minimum atomic E-state index is -0.275. The number of amides is 1. The molecule has 0 fully saturated rings. The van der Waals surface area contributed by atoms with Gasteiger partial charge in [-0.15, -0.1) is 0 Å². The van der Waals surface area contributed by atoms with Crippen molar-refractivity contribution in [2.24, 2.45) is 0 Å². The maximum Gasteiger partial charge on any atom is 0.252 e. The average molecular weight is 243 g/mol. The highest BCUT2D eigenvalue weighted by atomic mass is 35.5. The third-order valence-electron chi connectivity index (χ3n) is 2.04. The summed E-state index contributed by atoms with van der Waals surface area (Å²) in [5.74, 6) is -0.245. The summed E-state index contributed by atoms with van der Waals surface area (Å²) in [4.78, 5) is 13.6. The van der Waals surface area contributed by atoms with E-state index in [2.05, 4.69) is 5.32 Å². The maximum absolute atomic E-state index is 11.7. The van der Waals surface area contributed by atoms with Gasteiger partial charge in [-0.3, -0.25) is 4.79 Å². The predicted octanol–water partition coefficient (Wildman–Crippen LogP) is 1.34. The zero-order chi connectivity index (χ0) is 12.1. The molecule has 1 aromatic rings. The molecule has 0 radical (unpaired) electrons. The van der Waals surface area contributed by atoms with Gasteiger partial charge < -0.3 is 15.3 Å². The van der Waals surface area contributed by atoms with E-state index in [-0.39, 0.29) is 11.7 Å². The van der Waals surface area contributed by atoms with Gasteiger partial charge in [0, 0.05) is 13.1 Å². The minimum Gasteiger partial charge on any atom is -0.508 e. The van der Waals surface area contributed by atoms with Crippen LogP contribution in [-0.2, 0) is 0 Å². The molecule has 0 heterocycles. The molecule has 2 N–H and O–H groups in total. The second kappa shape index (κ2) is 5.72. The van der Waals surface area contributed by atoms with E-state index in [0.717, 1.165) is 6.54 Å². The molecule has 1 rings (SSSR count). The molecule has 16 heavy (non-hydrogen) atoms. The highest BCUT2D eigenvalue weighted by Crippen LogP contribution is 2.20. The molecular weight excluding hydrogens is 228 g/mol. The van der Waals surface area contributed by atoms with Gasteiger partial charge in [-0.05, 0) is 32.3 Å². The van der Waals surface area contributed by atoms with Crippen molar-refractivity contribution < 1.29 is 9.90 Å². The maximum atomic E-state index is 11.7. The van der Waals surface area contributed by atoms with E-state index in [0.29, 0.717) is 17.1 Å². The molecule has 0 aliphatic rings. The smallest absolute Gasteiger partial charge is 0.252 e. The van der Waals surface area contributed by atoms with Gasteiger partial charge in [0.1, 0.15) is 5.75 Å². The Labute approximate surface area is 99.8 Å². The summed E-state index contributed by atoms with van der Waals surface area (Å²) >= 11 is 5.85. The van der Waals surface area contributed by atoms with Gasteiger partial charge in [0.25, 0.3) is 5.91 Å². The van der Waals surface area contributed by atoms with Crippen LogP contribution in [0.1, 0.15) is 10.4 Å². The number of phenols is 1. The number of likely N-dealkylation sites (N-methyl/N-ethyl adjacent to an activating group) is 1. The van der Waals surface area contributed by atoms with E-state index < -0.39 is 0 Å². The largest absolute Gasteiger partial charge is 0.508 e. The van der Waals surface area contributed by atoms with Crippen LogP contribution >= 0.6 is 11.6 Å². The lowest BCUT2D eigenvalue weighted by Crippen LogP contribution is -2.31. The van der Waals surface area contributed by atoms with E-state index in [1.54, 1.807) is 0 Å². The summed E-state index contributed by atoms with van der Waals surface area (Å²) in [5, 5.41) is 12.3. The summed E-state index contributed by atoms with van der Waals surface area (Å²) in [6, 6.07) is 4.30. The Morgan fingerprint density at radius 1 is 1.50 bits per heavy atom. The fourth-order valence-corrected chi connectivity index (χ4v) is 1.38. The van der Waals surface area contributed by atoms with Crippen LogP contribution in [-0.4, -0.2) is 43.1 Å². The third kappa shape index (κ3) is 3.72. The van der Waals surface area contributed by atoms with Crippen LogP contribution in [0.3, 0.4) is 0 Å². The number of hydrogen-bond donors (Lipinski definition) is 2. The first-order chi connectivity index (χ1) is 7.50. The molecule has 4 nitrogen and oxygen atoms in total. The predicted molar refractivity (Wildman–Crippen MR) is 64.0 cm³/mol. The van der Waals surface area contributed by atoms with E-state index >= 15 is 0 Å². The molecule has 0 unspecified atom stereocenters. The number of aromatic hydroxyl groups is 1. The summed E-state index contributed by atoms with van der Waals surface area (Å²) in [6.45, 7) is 1.29. The Hall–Kier alpha value is -1.26. The summed E-state index contributed by atoms with van der Waals surface area (Å²) in [6.07, 6.45) is 0. The topological polar surface area (TPSA) is 52.6 Å². The van der Waals surface area contributed by atoms with Crippen LogP contribution in [0.5, 0.6) is 5.75 Å². The van der Waals surface area contributed by atoms with Gasteiger partial charge in [0.2, 0.25) is 0 Å². The van der Waals surface area contributed by atoms with Crippen LogP contribution in [0, 0.1) is 0 Å². The molecule has 0 saturated carbocycles. The normalized spacial score (nSPS) is 10.5. The van der Waals surface area contributed by atoms with Gasteiger partial charge in [0.15, 0.2) is 0 Å². The Kier molecular flexibility index (Phi) is 4.58. The van der Waals surface area contributed by atoms with Crippen LogP contribution < -0.4 is 5.32 Å². The zero-order valence-corrected chi connectivity index (χ0v) is 10.1. The summed E-state index contributed by atoms with van der Waals surface area (Å²) in [5.41, 5.74) is 0.292. The first-order valence-electron chi connectivity index (χ1n) is 4.92. The molecule has 0 atom stereocenters. The fraction of sp³-hybridized carbons (Fsp3) is 0.364. The molecule has 0 aliphatic carbocycles. The van der Waals surface area contributed by atoms with Crippen LogP contribution in [0.4, 0.5) is 0 Å². The highest BCUT2D eigenvalue weighted by molar-refractivity contribution is 6.33. The number of hydrogen-bond acceptors (Lipinski definition) is 3. The standard InChI is InChI=1S/C11H15ClN2O2/c1-14(2)6-5-13-11(16)9-7-8(15)3-4-10(9)12/h3-4,7,15H,5-6H2,1-2H3,(H,13,16). The van der Waals surface area contributed by atoms with Gasteiger partial charge >= 0.3 is 0 Å². The summed E-state index contributed by atoms with van der Waals surface area (Å²) < 4.78 is 0. The number of rotatable bonds is 4. The molecule has 0 bridgehead atoms. The molecule has 0 saturated heterocycles. The van der Waals surface area contributed by atoms with Crippen molar-refractivity contribution >= 4 is 17.5 Å². The second-order valence-corrected chi connectivity index (χ2v) is 4.13. The molecular formula is C11H15ClN2O2. The Morgan fingerprint density at radius 3 is 2.81 bits per heavy atom. The lowest BCUT2D eigenvalue weighted by Gasteiger charge is -2.11. The molecule has 1 aromatic carbocycles. The number of phenolic OH excluding ortho intramolecular Hbond substituents is 1. The molecule has 0 aromatic heterocycles. The van der Waals surface area contributed by atoms with Gasteiger partial charge in [-0.2, -0.15) is 0 Å². The van der Waals surface area contributed by atoms with Crippen LogP contribution in [0.2, 0.25) is 5.02 Å². The highest BCUT2D eigenvalue weighted by Gasteiger charge is 2.10. The molecule has 88 valence electrons. The van der Waals surface area contributed by atoms with Crippen molar-refractivity contribution in [3.8, 4) is 5.75 Å². The Balaban J connectivity index is 2.62. The van der Waals surface area contributed by atoms with Crippen molar-refractivity contribution in [2.75, 3.05) is 27.2 Å². The van der Waals surface area contributed by atoms with Gasteiger partial charge in [-0.25, -0.2) is 0 Å². The Bertz CT molecular complexity index is 380. The van der Waals surface area contributed by atoms with Gasteiger partial charge in [-0.1, -0.05) is 11.6 Å². The van der Waals surface area contributed by atoms with E-state index in [1.165, 1.54) is 18.2 Å². The number of halogens is 1. The first kappa shape index (κ1) is 12.8.